The predicted octanol–water partition coefficient (Wildman–Crippen LogP) is 1.70. The highest BCUT2D eigenvalue weighted by atomic mass is 16.5. The number of hydrogen-bond donors (Lipinski definition) is 1. The van der Waals surface area contributed by atoms with Crippen molar-refractivity contribution in [3.63, 3.8) is 0 Å². The van der Waals surface area contributed by atoms with Crippen molar-refractivity contribution < 1.29 is 14.3 Å². The lowest BCUT2D eigenvalue weighted by Gasteiger charge is -2.16. The van der Waals surface area contributed by atoms with Crippen LogP contribution < -0.4 is 10.2 Å². The summed E-state index contributed by atoms with van der Waals surface area (Å²) in [4.78, 5) is 10.8. The molecule has 0 aromatic heterocycles. The van der Waals surface area contributed by atoms with Gasteiger partial charge in [0.15, 0.2) is 0 Å². The molecule has 0 atom stereocenters. The van der Waals surface area contributed by atoms with E-state index in [1.165, 1.54) is 12.7 Å². The molecular formula is C12H14N2O3. The average Bonchev–Trinajstić information content (AvgIpc) is 2.38. The summed E-state index contributed by atoms with van der Waals surface area (Å²) in [6.07, 6.45) is 3.05. The molecule has 0 spiro atoms. The van der Waals surface area contributed by atoms with E-state index in [0.29, 0.717) is 0 Å². The van der Waals surface area contributed by atoms with Crippen LogP contribution in [0.1, 0.15) is 17.5 Å². The van der Waals surface area contributed by atoms with E-state index in [1.54, 1.807) is 6.21 Å². The van der Waals surface area contributed by atoms with Crippen LogP contribution in [0, 0.1) is 0 Å². The van der Waals surface area contributed by atoms with Crippen molar-refractivity contribution in [1.82, 2.24) is 5.43 Å². The van der Waals surface area contributed by atoms with E-state index in [1.807, 2.05) is 18.2 Å². The molecule has 90 valence electrons. The molecule has 0 aliphatic carbocycles. The van der Waals surface area contributed by atoms with E-state index in [9.17, 15) is 4.79 Å². The fraction of sp³-hybridized carbons (Fsp3) is 0.333. The van der Waals surface area contributed by atoms with Gasteiger partial charge in [-0.05, 0) is 42.2 Å². The number of hydrogen-bond acceptors (Lipinski definition) is 4. The molecule has 0 fully saturated rings. The van der Waals surface area contributed by atoms with E-state index in [-0.39, 0.29) is 0 Å². The number of aryl methyl sites for hydroxylation is 1. The Labute approximate surface area is 99.4 Å². The van der Waals surface area contributed by atoms with Gasteiger partial charge in [0.25, 0.3) is 0 Å². The van der Waals surface area contributed by atoms with E-state index in [4.69, 9.17) is 4.74 Å². The second-order valence-corrected chi connectivity index (χ2v) is 3.68. The molecule has 1 aliphatic rings. The number of methoxy groups -OCH3 is 1. The Kier molecular flexibility index (Phi) is 3.59. The number of amides is 1. The quantitative estimate of drug-likeness (QED) is 0.626. The summed E-state index contributed by atoms with van der Waals surface area (Å²) in [5.74, 6) is 0.939. The van der Waals surface area contributed by atoms with Gasteiger partial charge in [-0.15, -0.1) is 0 Å². The van der Waals surface area contributed by atoms with Crippen LogP contribution in [0.5, 0.6) is 5.75 Å². The second-order valence-electron chi connectivity index (χ2n) is 3.68. The lowest BCUT2D eigenvalue weighted by atomic mass is 10.0. The van der Waals surface area contributed by atoms with Gasteiger partial charge < -0.3 is 9.47 Å². The van der Waals surface area contributed by atoms with E-state index >= 15 is 0 Å². The van der Waals surface area contributed by atoms with Gasteiger partial charge in [0.1, 0.15) is 5.75 Å². The normalized spacial score (nSPS) is 13.9. The summed E-state index contributed by atoms with van der Waals surface area (Å²) in [7, 11) is 1.29. The molecule has 1 aromatic rings. The zero-order valence-corrected chi connectivity index (χ0v) is 9.60. The highest BCUT2D eigenvalue weighted by molar-refractivity contribution is 5.81. The fourth-order valence-corrected chi connectivity index (χ4v) is 1.67. The van der Waals surface area contributed by atoms with Gasteiger partial charge in [-0.25, -0.2) is 10.2 Å². The van der Waals surface area contributed by atoms with Crippen molar-refractivity contribution in [1.29, 1.82) is 0 Å². The highest BCUT2D eigenvalue weighted by Crippen LogP contribution is 2.24. The molecule has 1 amide bonds. The number of nitrogens with zero attached hydrogens (tertiary/aromatic N) is 1. The van der Waals surface area contributed by atoms with Gasteiger partial charge in [-0.1, -0.05) is 0 Å². The van der Waals surface area contributed by atoms with Crippen LogP contribution in [0.3, 0.4) is 0 Å². The van der Waals surface area contributed by atoms with Crippen LogP contribution >= 0.6 is 0 Å². The Morgan fingerprint density at radius 1 is 1.59 bits per heavy atom. The first-order chi connectivity index (χ1) is 8.29. The summed E-state index contributed by atoms with van der Waals surface area (Å²) in [5, 5.41) is 3.77. The summed E-state index contributed by atoms with van der Waals surface area (Å²) in [6, 6.07) is 5.83. The Morgan fingerprint density at radius 2 is 2.47 bits per heavy atom. The minimum atomic E-state index is -0.581. The first kappa shape index (κ1) is 11.4. The number of rotatable bonds is 2. The number of nitrogens with one attached hydrogen (secondary N) is 1. The molecular weight excluding hydrogens is 220 g/mol. The number of carbonyl (C=O) groups is 1. The van der Waals surface area contributed by atoms with Crippen LogP contribution in [-0.4, -0.2) is 26.0 Å². The Balaban J connectivity index is 2.04. The van der Waals surface area contributed by atoms with Crippen molar-refractivity contribution in [2.75, 3.05) is 13.7 Å². The third kappa shape index (κ3) is 2.96. The minimum absolute atomic E-state index is 0.581. The second kappa shape index (κ2) is 5.34. The van der Waals surface area contributed by atoms with E-state index in [2.05, 4.69) is 15.3 Å². The molecule has 0 unspecified atom stereocenters. The maximum absolute atomic E-state index is 10.8. The van der Waals surface area contributed by atoms with Gasteiger partial charge in [-0.2, -0.15) is 5.10 Å². The lowest BCUT2D eigenvalue weighted by molar-refractivity contribution is 0.171. The molecule has 5 heteroatoms. The Bertz CT molecular complexity index is 443. The summed E-state index contributed by atoms with van der Waals surface area (Å²) < 4.78 is 9.90. The third-order valence-electron chi connectivity index (χ3n) is 2.49. The molecule has 5 nitrogen and oxygen atoms in total. The van der Waals surface area contributed by atoms with Crippen LogP contribution in [0.2, 0.25) is 0 Å². The van der Waals surface area contributed by atoms with E-state index in [0.717, 1.165) is 30.8 Å². The summed E-state index contributed by atoms with van der Waals surface area (Å²) >= 11 is 0. The first-order valence-corrected chi connectivity index (χ1v) is 5.42. The molecule has 0 bridgehead atoms. The molecule has 0 saturated carbocycles. The van der Waals surface area contributed by atoms with Crippen LogP contribution in [0.15, 0.2) is 23.3 Å². The average molecular weight is 234 g/mol. The molecule has 17 heavy (non-hydrogen) atoms. The maximum atomic E-state index is 10.8. The third-order valence-corrected chi connectivity index (χ3v) is 2.49. The highest BCUT2D eigenvalue weighted by Gasteiger charge is 2.09. The molecule has 0 saturated heterocycles. The van der Waals surface area contributed by atoms with Crippen molar-refractivity contribution >= 4 is 12.3 Å². The molecule has 1 heterocycles. The zero-order valence-electron chi connectivity index (χ0n) is 9.60. The minimum Gasteiger partial charge on any atom is -0.493 e. The van der Waals surface area contributed by atoms with Gasteiger partial charge >= 0.3 is 6.09 Å². The maximum Gasteiger partial charge on any atom is 0.427 e. The van der Waals surface area contributed by atoms with Crippen molar-refractivity contribution in [3.05, 3.63) is 29.3 Å². The molecule has 1 aromatic carbocycles. The topological polar surface area (TPSA) is 59.9 Å². The number of ether oxygens (including phenoxy) is 2. The van der Waals surface area contributed by atoms with Crippen molar-refractivity contribution in [2.24, 2.45) is 5.10 Å². The monoisotopic (exact) mass is 234 g/mol. The molecule has 1 aliphatic heterocycles. The van der Waals surface area contributed by atoms with Gasteiger partial charge in [0.2, 0.25) is 0 Å². The SMILES string of the molecule is COC(=O)N/N=C\c1ccc2c(c1)CCCO2. The smallest absolute Gasteiger partial charge is 0.427 e. The Hall–Kier alpha value is -2.04. The number of hydrazone groups is 1. The fourth-order valence-electron chi connectivity index (χ4n) is 1.67. The van der Waals surface area contributed by atoms with Crippen LogP contribution in [0.4, 0.5) is 4.79 Å². The van der Waals surface area contributed by atoms with Gasteiger partial charge in [0, 0.05) is 0 Å². The molecule has 2 rings (SSSR count). The number of carbonyl (C=O) groups excluding carboxylic acids is 1. The Morgan fingerprint density at radius 3 is 3.29 bits per heavy atom. The number of fused-ring (bicyclic) bond motifs is 1. The summed E-state index contributed by atoms with van der Waals surface area (Å²) in [6.45, 7) is 0.782. The zero-order chi connectivity index (χ0) is 12.1. The lowest BCUT2D eigenvalue weighted by Crippen LogP contribution is -2.16. The molecule has 1 N–H and O–H groups in total. The van der Waals surface area contributed by atoms with Gasteiger partial charge in [0.05, 0.1) is 19.9 Å². The largest absolute Gasteiger partial charge is 0.493 e. The summed E-state index contributed by atoms with van der Waals surface area (Å²) in [5.41, 5.74) is 4.34. The predicted molar refractivity (Wildman–Crippen MR) is 63.4 cm³/mol. The number of benzene rings is 1. The van der Waals surface area contributed by atoms with E-state index < -0.39 is 6.09 Å². The van der Waals surface area contributed by atoms with Gasteiger partial charge in [-0.3, -0.25) is 0 Å². The van der Waals surface area contributed by atoms with Crippen LogP contribution in [0.25, 0.3) is 0 Å². The van der Waals surface area contributed by atoms with Crippen molar-refractivity contribution in [3.8, 4) is 5.75 Å². The van der Waals surface area contributed by atoms with Crippen molar-refractivity contribution in [2.45, 2.75) is 12.8 Å². The molecule has 0 radical (unpaired) electrons. The first-order valence-electron chi connectivity index (χ1n) is 5.42. The standard InChI is InChI=1S/C12H14N2O3/c1-16-12(15)14-13-8-9-4-5-11-10(7-9)3-2-6-17-11/h4-5,7-8H,2-3,6H2,1H3,(H,14,15)/b13-8-. The van der Waals surface area contributed by atoms with Crippen LogP contribution in [-0.2, 0) is 11.2 Å².